The molecule has 0 spiro atoms. The number of rotatable bonds is 8. The monoisotopic (exact) mass is 256 g/mol. The molecule has 1 amide bonds. The number of carbonyl (C=O) groups excluding carboxylic acids is 1. The van der Waals surface area contributed by atoms with Crippen LogP contribution < -0.4 is 15.8 Å². The van der Waals surface area contributed by atoms with Crippen molar-refractivity contribution >= 4 is 5.91 Å². The largest absolute Gasteiger partial charge is 0.488 e. The Morgan fingerprint density at radius 1 is 1.50 bits per heavy atom. The zero-order valence-corrected chi connectivity index (χ0v) is 9.93. The number of aliphatic hydroxyl groups is 1. The minimum absolute atomic E-state index is 0.0233. The van der Waals surface area contributed by atoms with Crippen LogP contribution in [-0.2, 0) is 4.79 Å². The van der Waals surface area contributed by atoms with Crippen molar-refractivity contribution in [3.05, 3.63) is 30.1 Å². The van der Waals surface area contributed by atoms with Crippen LogP contribution in [0.1, 0.15) is 6.42 Å². The van der Waals surface area contributed by atoms with Crippen molar-refractivity contribution in [3.63, 3.8) is 0 Å². The summed E-state index contributed by atoms with van der Waals surface area (Å²) in [6.07, 6.45) is -0.571. The number of ether oxygens (including phenoxy) is 1. The van der Waals surface area contributed by atoms with E-state index in [4.69, 9.17) is 10.5 Å². The van der Waals surface area contributed by atoms with Gasteiger partial charge >= 0.3 is 0 Å². The molecule has 0 fully saturated rings. The van der Waals surface area contributed by atoms with E-state index in [-0.39, 0.29) is 25.3 Å². The summed E-state index contributed by atoms with van der Waals surface area (Å²) in [7, 11) is 0. The normalized spacial score (nSPS) is 12.1. The molecule has 5 nitrogen and oxygen atoms in total. The maximum Gasteiger partial charge on any atom is 0.218 e. The molecule has 0 aromatic heterocycles. The summed E-state index contributed by atoms with van der Waals surface area (Å²) in [5.41, 5.74) is 4.95. The number of halogens is 1. The first-order chi connectivity index (χ1) is 8.59. The zero-order valence-electron chi connectivity index (χ0n) is 9.93. The number of nitrogens with one attached hydrogen (secondary N) is 1. The van der Waals surface area contributed by atoms with Crippen LogP contribution in [0.5, 0.6) is 5.75 Å². The first-order valence-electron chi connectivity index (χ1n) is 5.64. The van der Waals surface area contributed by atoms with Crippen molar-refractivity contribution < 1.29 is 19.0 Å². The highest BCUT2D eigenvalue weighted by molar-refractivity contribution is 5.73. The molecule has 0 saturated carbocycles. The SMILES string of the molecule is NC(=O)CCNCC(O)COc1ccccc1F. The van der Waals surface area contributed by atoms with E-state index in [1.807, 2.05) is 0 Å². The Bertz CT molecular complexity index is 387. The fourth-order valence-corrected chi connectivity index (χ4v) is 1.29. The summed E-state index contributed by atoms with van der Waals surface area (Å²) in [6.45, 7) is 0.623. The summed E-state index contributed by atoms with van der Waals surface area (Å²) in [5, 5.41) is 12.4. The highest BCUT2D eigenvalue weighted by Crippen LogP contribution is 2.15. The topological polar surface area (TPSA) is 84.6 Å². The van der Waals surface area contributed by atoms with Gasteiger partial charge in [-0.3, -0.25) is 4.79 Å². The average Bonchev–Trinajstić information content (AvgIpc) is 2.33. The summed E-state index contributed by atoms with van der Waals surface area (Å²) < 4.78 is 18.3. The number of benzene rings is 1. The van der Waals surface area contributed by atoms with Gasteiger partial charge in [-0.15, -0.1) is 0 Å². The van der Waals surface area contributed by atoms with Crippen LogP contribution in [-0.4, -0.2) is 36.8 Å². The second-order valence-corrected chi connectivity index (χ2v) is 3.82. The Balaban J connectivity index is 2.19. The fraction of sp³-hybridized carbons (Fsp3) is 0.417. The van der Waals surface area contributed by atoms with E-state index in [1.54, 1.807) is 12.1 Å². The number of nitrogens with two attached hydrogens (primary N) is 1. The van der Waals surface area contributed by atoms with E-state index in [1.165, 1.54) is 12.1 Å². The standard InChI is InChI=1S/C12H17FN2O3/c13-10-3-1-2-4-11(10)18-8-9(16)7-15-6-5-12(14)17/h1-4,9,15-16H,5-8H2,(H2,14,17). The number of primary amides is 1. The summed E-state index contributed by atoms with van der Waals surface area (Å²) in [5.74, 6) is -0.764. The first kappa shape index (κ1) is 14.4. The lowest BCUT2D eigenvalue weighted by Gasteiger charge is -2.13. The molecular weight excluding hydrogens is 239 g/mol. The van der Waals surface area contributed by atoms with Crippen molar-refractivity contribution in [1.82, 2.24) is 5.32 Å². The lowest BCUT2D eigenvalue weighted by molar-refractivity contribution is -0.117. The molecule has 1 aromatic carbocycles. The quantitative estimate of drug-likeness (QED) is 0.573. The molecule has 18 heavy (non-hydrogen) atoms. The number of carbonyl (C=O) groups is 1. The molecule has 1 atom stereocenters. The van der Waals surface area contributed by atoms with E-state index in [0.29, 0.717) is 6.54 Å². The fourth-order valence-electron chi connectivity index (χ4n) is 1.29. The van der Waals surface area contributed by atoms with Gasteiger partial charge < -0.3 is 20.9 Å². The summed E-state index contributed by atoms with van der Waals surface area (Å²) >= 11 is 0. The van der Waals surface area contributed by atoms with Gasteiger partial charge in [0, 0.05) is 19.5 Å². The number of para-hydroxylation sites is 1. The number of hydrogen-bond donors (Lipinski definition) is 3. The Hall–Kier alpha value is -1.66. The Labute approximate surface area is 105 Å². The summed E-state index contributed by atoms with van der Waals surface area (Å²) in [6, 6.07) is 5.98. The second kappa shape index (κ2) is 7.62. The third-order valence-corrected chi connectivity index (χ3v) is 2.20. The molecule has 0 aliphatic carbocycles. The van der Waals surface area contributed by atoms with Crippen LogP contribution >= 0.6 is 0 Å². The molecule has 1 unspecified atom stereocenters. The lowest BCUT2D eigenvalue weighted by atomic mass is 10.3. The van der Waals surface area contributed by atoms with Crippen molar-refractivity contribution in [1.29, 1.82) is 0 Å². The Kier molecular flexibility index (Phi) is 6.10. The number of hydrogen-bond acceptors (Lipinski definition) is 4. The van der Waals surface area contributed by atoms with Gasteiger partial charge in [0.15, 0.2) is 11.6 Å². The third kappa shape index (κ3) is 5.60. The van der Waals surface area contributed by atoms with Gasteiger partial charge in [-0.1, -0.05) is 12.1 Å². The highest BCUT2D eigenvalue weighted by atomic mass is 19.1. The van der Waals surface area contributed by atoms with Gasteiger partial charge in [0.1, 0.15) is 12.7 Å². The predicted octanol–water partition coefficient (Wildman–Crippen LogP) is 0.0304. The van der Waals surface area contributed by atoms with Gasteiger partial charge in [0.05, 0.1) is 0 Å². The molecule has 1 aromatic rings. The third-order valence-electron chi connectivity index (χ3n) is 2.20. The lowest BCUT2D eigenvalue weighted by Crippen LogP contribution is -2.33. The van der Waals surface area contributed by atoms with E-state index in [2.05, 4.69) is 5.32 Å². The minimum Gasteiger partial charge on any atom is -0.488 e. The zero-order chi connectivity index (χ0) is 13.4. The molecule has 0 aliphatic rings. The van der Waals surface area contributed by atoms with Gasteiger partial charge in [-0.05, 0) is 12.1 Å². The van der Waals surface area contributed by atoms with Crippen LogP contribution in [0.25, 0.3) is 0 Å². The van der Waals surface area contributed by atoms with E-state index in [9.17, 15) is 14.3 Å². The first-order valence-corrected chi connectivity index (χ1v) is 5.64. The molecule has 1 rings (SSSR count). The minimum atomic E-state index is -0.780. The maximum atomic E-state index is 13.2. The molecule has 4 N–H and O–H groups in total. The molecule has 6 heteroatoms. The predicted molar refractivity (Wildman–Crippen MR) is 64.6 cm³/mol. The number of amides is 1. The van der Waals surface area contributed by atoms with Crippen LogP contribution in [0.3, 0.4) is 0 Å². The molecule has 0 aliphatic heterocycles. The Morgan fingerprint density at radius 2 is 2.22 bits per heavy atom. The number of aliphatic hydroxyl groups excluding tert-OH is 1. The van der Waals surface area contributed by atoms with Crippen molar-refractivity contribution in [2.45, 2.75) is 12.5 Å². The molecule has 0 bridgehead atoms. The Morgan fingerprint density at radius 3 is 2.89 bits per heavy atom. The van der Waals surface area contributed by atoms with Crippen molar-refractivity contribution in [2.24, 2.45) is 5.73 Å². The van der Waals surface area contributed by atoms with Crippen LogP contribution in [0.4, 0.5) is 4.39 Å². The van der Waals surface area contributed by atoms with Crippen LogP contribution in [0, 0.1) is 5.82 Å². The molecule has 0 saturated heterocycles. The summed E-state index contributed by atoms with van der Waals surface area (Å²) in [4.78, 5) is 10.4. The van der Waals surface area contributed by atoms with E-state index >= 15 is 0 Å². The van der Waals surface area contributed by atoms with Gasteiger partial charge in [-0.25, -0.2) is 4.39 Å². The molecule has 100 valence electrons. The molecule has 0 heterocycles. The van der Waals surface area contributed by atoms with Gasteiger partial charge in [0.25, 0.3) is 0 Å². The van der Waals surface area contributed by atoms with Gasteiger partial charge in [0.2, 0.25) is 5.91 Å². The van der Waals surface area contributed by atoms with E-state index in [0.717, 1.165) is 0 Å². The molecule has 0 radical (unpaired) electrons. The highest BCUT2D eigenvalue weighted by Gasteiger charge is 2.07. The average molecular weight is 256 g/mol. The second-order valence-electron chi connectivity index (χ2n) is 3.82. The van der Waals surface area contributed by atoms with E-state index < -0.39 is 17.8 Å². The van der Waals surface area contributed by atoms with Gasteiger partial charge in [-0.2, -0.15) is 0 Å². The van der Waals surface area contributed by atoms with Crippen LogP contribution in [0.15, 0.2) is 24.3 Å². The van der Waals surface area contributed by atoms with Crippen LogP contribution in [0.2, 0.25) is 0 Å². The van der Waals surface area contributed by atoms with Crippen molar-refractivity contribution in [2.75, 3.05) is 19.7 Å². The van der Waals surface area contributed by atoms with Crippen molar-refractivity contribution in [3.8, 4) is 5.75 Å². The molecular formula is C12H17FN2O3. The smallest absolute Gasteiger partial charge is 0.218 e. The maximum absolute atomic E-state index is 13.2.